The average Bonchev–Trinajstić information content (AvgIpc) is 2.29. The predicted molar refractivity (Wildman–Crippen MR) is 67.8 cm³/mol. The van der Waals surface area contributed by atoms with Crippen molar-refractivity contribution >= 4 is 33.4 Å². The Balaban J connectivity index is 2.84. The Bertz CT molecular complexity index is 380. The van der Waals surface area contributed by atoms with Gasteiger partial charge in [0.1, 0.15) is 0 Å². The highest BCUT2D eigenvalue weighted by Gasteiger charge is 2.15. The van der Waals surface area contributed by atoms with Crippen LogP contribution in [-0.4, -0.2) is 23.7 Å². The highest BCUT2D eigenvalue weighted by Crippen LogP contribution is 2.25. The second-order valence-electron chi connectivity index (χ2n) is 3.36. The first-order chi connectivity index (χ1) is 7.60. The largest absolute Gasteiger partial charge is 0.394 e. The molecule has 3 nitrogen and oxygen atoms in total. The minimum atomic E-state index is -0.271. The molecule has 0 aliphatic rings. The smallest absolute Gasteiger partial charge is 0.253 e. The van der Waals surface area contributed by atoms with Crippen LogP contribution in [0.2, 0.25) is 5.02 Å². The molecule has 0 saturated carbocycles. The normalized spacial score (nSPS) is 12.2. The first kappa shape index (κ1) is 13.5. The van der Waals surface area contributed by atoms with Gasteiger partial charge in [0.25, 0.3) is 5.91 Å². The van der Waals surface area contributed by atoms with Crippen LogP contribution in [0.25, 0.3) is 0 Å². The SMILES string of the molecule is CC[C@H](CO)NC(=O)c1cccc(Br)c1Cl. The first-order valence-electron chi connectivity index (χ1n) is 4.95. The van der Waals surface area contributed by atoms with Crippen LogP contribution in [0, 0.1) is 0 Å². The van der Waals surface area contributed by atoms with Gasteiger partial charge in [0, 0.05) is 4.47 Å². The minimum absolute atomic E-state index is 0.0755. The van der Waals surface area contributed by atoms with Crippen molar-refractivity contribution in [1.82, 2.24) is 5.32 Å². The third-order valence-electron chi connectivity index (χ3n) is 2.24. The summed E-state index contributed by atoms with van der Waals surface area (Å²) in [4.78, 5) is 11.8. The van der Waals surface area contributed by atoms with Crippen molar-refractivity contribution in [2.45, 2.75) is 19.4 Å². The fraction of sp³-hybridized carbons (Fsp3) is 0.364. The van der Waals surface area contributed by atoms with Gasteiger partial charge in [-0.2, -0.15) is 0 Å². The minimum Gasteiger partial charge on any atom is -0.394 e. The van der Waals surface area contributed by atoms with Gasteiger partial charge < -0.3 is 10.4 Å². The Kier molecular flexibility index (Phi) is 5.25. The summed E-state index contributed by atoms with van der Waals surface area (Å²) in [6, 6.07) is 4.92. The molecule has 0 unspecified atom stereocenters. The molecular formula is C11H13BrClNO2. The second-order valence-corrected chi connectivity index (χ2v) is 4.59. The standard InChI is InChI=1S/C11H13BrClNO2/c1-2-7(6-15)14-11(16)8-4-3-5-9(12)10(8)13/h3-5,7,15H,2,6H2,1H3,(H,14,16)/t7-/m1/s1. The summed E-state index contributed by atoms with van der Waals surface area (Å²) in [5.41, 5.74) is 0.406. The number of halogens is 2. The summed E-state index contributed by atoms with van der Waals surface area (Å²) in [6.45, 7) is 1.82. The molecule has 0 aromatic heterocycles. The van der Waals surface area contributed by atoms with Gasteiger partial charge in [-0.15, -0.1) is 0 Å². The van der Waals surface area contributed by atoms with Gasteiger partial charge in [0.2, 0.25) is 0 Å². The number of carbonyl (C=O) groups is 1. The lowest BCUT2D eigenvalue weighted by molar-refractivity contribution is 0.0915. The molecule has 0 radical (unpaired) electrons. The maximum atomic E-state index is 11.8. The molecule has 1 aromatic carbocycles. The zero-order valence-electron chi connectivity index (χ0n) is 8.84. The lowest BCUT2D eigenvalue weighted by atomic mass is 10.2. The molecule has 0 heterocycles. The van der Waals surface area contributed by atoms with Crippen LogP contribution in [0.5, 0.6) is 0 Å². The number of benzene rings is 1. The van der Waals surface area contributed by atoms with Crippen LogP contribution in [0.3, 0.4) is 0 Å². The first-order valence-corrected chi connectivity index (χ1v) is 6.13. The molecule has 0 saturated heterocycles. The molecule has 0 aliphatic heterocycles. The van der Waals surface area contributed by atoms with E-state index < -0.39 is 0 Å². The van der Waals surface area contributed by atoms with Gasteiger partial charge in [0.05, 0.1) is 23.2 Å². The number of aliphatic hydroxyl groups excluding tert-OH is 1. The topological polar surface area (TPSA) is 49.3 Å². The molecule has 2 N–H and O–H groups in total. The maximum Gasteiger partial charge on any atom is 0.253 e. The summed E-state index contributed by atoms with van der Waals surface area (Å²) in [5.74, 6) is -0.271. The molecule has 1 aromatic rings. The number of aliphatic hydroxyl groups is 1. The quantitative estimate of drug-likeness (QED) is 0.898. The van der Waals surface area contributed by atoms with E-state index in [1.165, 1.54) is 0 Å². The van der Waals surface area contributed by atoms with Crippen molar-refractivity contribution in [2.24, 2.45) is 0 Å². The van der Waals surface area contributed by atoms with E-state index in [-0.39, 0.29) is 18.6 Å². The predicted octanol–water partition coefficient (Wildman–Crippen LogP) is 2.60. The van der Waals surface area contributed by atoms with E-state index in [9.17, 15) is 4.79 Å². The van der Waals surface area contributed by atoms with Crippen LogP contribution in [0.15, 0.2) is 22.7 Å². The van der Waals surface area contributed by atoms with Crippen molar-refractivity contribution < 1.29 is 9.90 Å². The van der Waals surface area contributed by atoms with Gasteiger partial charge in [-0.3, -0.25) is 4.79 Å². The van der Waals surface area contributed by atoms with Crippen molar-refractivity contribution in [3.8, 4) is 0 Å². The summed E-state index contributed by atoms with van der Waals surface area (Å²) >= 11 is 9.24. The molecule has 5 heteroatoms. The molecular weight excluding hydrogens is 293 g/mol. The molecule has 0 spiro atoms. The summed E-state index contributed by atoms with van der Waals surface area (Å²) in [6.07, 6.45) is 0.674. The summed E-state index contributed by atoms with van der Waals surface area (Å²) in [5, 5.41) is 12.1. The van der Waals surface area contributed by atoms with E-state index in [0.717, 1.165) is 0 Å². The van der Waals surface area contributed by atoms with E-state index in [0.29, 0.717) is 21.5 Å². The number of hydrogen-bond donors (Lipinski definition) is 2. The van der Waals surface area contributed by atoms with Crippen molar-refractivity contribution in [3.05, 3.63) is 33.3 Å². The lowest BCUT2D eigenvalue weighted by Gasteiger charge is -2.14. The maximum absolute atomic E-state index is 11.8. The Morgan fingerprint density at radius 3 is 2.88 bits per heavy atom. The molecule has 0 fully saturated rings. The number of hydrogen-bond acceptors (Lipinski definition) is 2. The number of nitrogens with one attached hydrogen (secondary N) is 1. The van der Waals surface area contributed by atoms with E-state index in [4.69, 9.17) is 16.7 Å². The van der Waals surface area contributed by atoms with Crippen LogP contribution < -0.4 is 5.32 Å². The number of rotatable bonds is 4. The zero-order valence-corrected chi connectivity index (χ0v) is 11.2. The molecule has 1 rings (SSSR count). The Morgan fingerprint density at radius 1 is 1.62 bits per heavy atom. The zero-order chi connectivity index (χ0) is 12.1. The highest BCUT2D eigenvalue weighted by atomic mass is 79.9. The summed E-state index contributed by atoms with van der Waals surface area (Å²) in [7, 11) is 0. The second kappa shape index (κ2) is 6.23. The third-order valence-corrected chi connectivity index (χ3v) is 3.54. The number of amides is 1. The van der Waals surface area contributed by atoms with E-state index in [1.807, 2.05) is 6.92 Å². The molecule has 0 bridgehead atoms. The van der Waals surface area contributed by atoms with Gasteiger partial charge >= 0.3 is 0 Å². The molecule has 1 amide bonds. The van der Waals surface area contributed by atoms with Crippen molar-refractivity contribution in [2.75, 3.05) is 6.61 Å². The van der Waals surface area contributed by atoms with Gasteiger partial charge in [-0.05, 0) is 34.5 Å². The fourth-order valence-corrected chi connectivity index (χ4v) is 1.80. The van der Waals surface area contributed by atoms with Crippen LogP contribution in [-0.2, 0) is 0 Å². The lowest BCUT2D eigenvalue weighted by Crippen LogP contribution is -2.37. The van der Waals surface area contributed by atoms with Crippen molar-refractivity contribution in [1.29, 1.82) is 0 Å². The Morgan fingerprint density at radius 2 is 2.31 bits per heavy atom. The molecule has 1 atom stereocenters. The van der Waals surface area contributed by atoms with Crippen LogP contribution in [0.1, 0.15) is 23.7 Å². The van der Waals surface area contributed by atoms with Gasteiger partial charge in [-0.1, -0.05) is 24.6 Å². The molecule has 88 valence electrons. The molecule has 16 heavy (non-hydrogen) atoms. The Labute approximate surface area is 108 Å². The van der Waals surface area contributed by atoms with Gasteiger partial charge in [-0.25, -0.2) is 0 Å². The highest BCUT2D eigenvalue weighted by molar-refractivity contribution is 9.10. The van der Waals surface area contributed by atoms with Crippen molar-refractivity contribution in [3.63, 3.8) is 0 Å². The van der Waals surface area contributed by atoms with E-state index in [2.05, 4.69) is 21.2 Å². The molecule has 0 aliphatic carbocycles. The van der Waals surface area contributed by atoms with E-state index >= 15 is 0 Å². The van der Waals surface area contributed by atoms with Gasteiger partial charge in [0.15, 0.2) is 0 Å². The fourth-order valence-electron chi connectivity index (χ4n) is 1.22. The van der Waals surface area contributed by atoms with E-state index in [1.54, 1.807) is 18.2 Å². The Hall–Kier alpha value is -0.580. The third kappa shape index (κ3) is 3.20. The average molecular weight is 307 g/mol. The number of carbonyl (C=O) groups excluding carboxylic acids is 1. The monoisotopic (exact) mass is 305 g/mol. The van der Waals surface area contributed by atoms with Crippen LogP contribution in [0.4, 0.5) is 0 Å². The van der Waals surface area contributed by atoms with Crippen LogP contribution >= 0.6 is 27.5 Å². The summed E-state index contributed by atoms with van der Waals surface area (Å²) < 4.78 is 0.680.